The number of hydrogen-bond donors (Lipinski definition) is 2. The van der Waals surface area contributed by atoms with E-state index < -0.39 is 5.91 Å². The van der Waals surface area contributed by atoms with Crippen molar-refractivity contribution in [2.75, 3.05) is 31.1 Å². The highest BCUT2D eigenvalue weighted by atomic mass is 16.1. The number of carbonyl (C=O) groups excluding carboxylic acids is 1. The van der Waals surface area contributed by atoms with Crippen LogP contribution in [-0.2, 0) is 0 Å². The first-order chi connectivity index (χ1) is 7.29. The zero-order valence-electron chi connectivity index (χ0n) is 8.44. The summed E-state index contributed by atoms with van der Waals surface area (Å²) in [4.78, 5) is 17.3. The van der Waals surface area contributed by atoms with Crippen LogP contribution in [0.3, 0.4) is 0 Å². The van der Waals surface area contributed by atoms with Gasteiger partial charge in [-0.05, 0) is 12.1 Å². The fourth-order valence-electron chi connectivity index (χ4n) is 1.75. The molecule has 0 saturated carbocycles. The van der Waals surface area contributed by atoms with E-state index in [0.29, 0.717) is 5.69 Å². The van der Waals surface area contributed by atoms with Gasteiger partial charge >= 0.3 is 0 Å². The van der Waals surface area contributed by atoms with Crippen molar-refractivity contribution in [1.29, 1.82) is 0 Å². The van der Waals surface area contributed by atoms with Gasteiger partial charge in [0.25, 0.3) is 5.91 Å². The second kappa shape index (κ2) is 4.27. The van der Waals surface area contributed by atoms with Crippen LogP contribution in [-0.4, -0.2) is 37.1 Å². The third kappa shape index (κ3) is 2.07. The van der Waals surface area contributed by atoms with Gasteiger partial charge in [0.05, 0.1) is 5.69 Å². The van der Waals surface area contributed by atoms with E-state index in [1.165, 1.54) is 0 Å². The molecule has 0 spiro atoms. The van der Waals surface area contributed by atoms with Gasteiger partial charge in [-0.25, -0.2) is 4.98 Å². The summed E-state index contributed by atoms with van der Waals surface area (Å²) < 4.78 is 0. The highest BCUT2D eigenvalue weighted by molar-refractivity contribution is 5.96. The monoisotopic (exact) mass is 206 g/mol. The van der Waals surface area contributed by atoms with Gasteiger partial charge in [-0.1, -0.05) is 0 Å². The summed E-state index contributed by atoms with van der Waals surface area (Å²) >= 11 is 0. The summed E-state index contributed by atoms with van der Waals surface area (Å²) in [6.07, 6.45) is 1.59. The Morgan fingerprint density at radius 2 is 2.20 bits per heavy atom. The first kappa shape index (κ1) is 9.92. The number of nitrogens with two attached hydrogens (primary N) is 1. The molecule has 5 heteroatoms. The van der Waals surface area contributed by atoms with Gasteiger partial charge < -0.3 is 16.0 Å². The molecule has 0 aromatic carbocycles. The second-order valence-electron chi connectivity index (χ2n) is 3.47. The maximum Gasteiger partial charge on any atom is 0.269 e. The average Bonchev–Trinajstić information content (AvgIpc) is 2.30. The fraction of sp³-hybridized carbons (Fsp3) is 0.400. The van der Waals surface area contributed by atoms with E-state index in [9.17, 15) is 4.79 Å². The number of nitrogens with one attached hydrogen (secondary N) is 1. The van der Waals surface area contributed by atoms with Gasteiger partial charge in [-0.15, -0.1) is 0 Å². The minimum Gasteiger partial charge on any atom is -0.367 e. The number of anilines is 1. The molecule has 15 heavy (non-hydrogen) atoms. The van der Waals surface area contributed by atoms with Crippen molar-refractivity contribution < 1.29 is 4.79 Å². The van der Waals surface area contributed by atoms with Gasteiger partial charge in [0.2, 0.25) is 0 Å². The van der Waals surface area contributed by atoms with Crippen molar-refractivity contribution in [3.05, 3.63) is 24.0 Å². The lowest BCUT2D eigenvalue weighted by molar-refractivity contribution is 0.0996. The highest BCUT2D eigenvalue weighted by Gasteiger charge is 2.17. The summed E-state index contributed by atoms with van der Waals surface area (Å²) in [6.45, 7) is 3.61. The number of piperazine rings is 1. The van der Waals surface area contributed by atoms with E-state index in [4.69, 9.17) is 5.73 Å². The second-order valence-corrected chi connectivity index (χ2v) is 3.47. The first-order valence-electron chi connectivity index (χ1n) is 4.99. The predicted molar refractivity (Wildman–Crippen MR) is 57.8 cm³/mol. The number of amides is 1. The van der Waals surface area contributed by atoms with Crippen LogP contribution in [0.4, 0.5) is 5.69 Å². The van der Waals surface area contributed by atoms with Crippen LogP contribution in [0, 0.1) is 0 Å². The molecular weight excluding hydrogens is 192 g/mol. The molecule has 1 aliphatic heterocycles. The lowest BCUT2D eigenvalue weighted by Crippen LogP contribution is -2.44. The van der Waals surface area contributed by atoms with E-state index in [2.05, 4.69) is 15.2 Å². The number of aromatic nitrogens is 1. The number of carbonyl (C=O) groups is 1. The molecule has 0 unspecified atom stereocenters. The van der Waals surface area contributed by atoms with Gasteiger partial charge in [-0.3, -0.25) is 4.79 Å². The van der Waals surface area contributed by atoms with Crippen LogP contribution < -0.4 is 16.0 Å². The number of primary amides is 1. The molecular formula is C10H14N4O. The number of pyridine rings is 1. The van der Waals surface area contributed by atoms with Gasteiger partial charge in [0, 0.05) is 32.4 Å². The summed E-state index contributed by atoms with van der Waals surface area (Å²) in [5, 5.41) is 3.25. The van der Waals surface area contributed by atoms with Crippen molar-refractivity contribution in [3.63, 3.8) is 0 Å². The maximum atomic E-state index is 11.2. The topological polar surface area (TPSA) is 71.2 Å². The standard InChI is InChI=1S/C10H14N4O/c11-10(15)9-8(2-1-3-13-9)14-6-4-12-5-7-14/h1-3,12H,4-7H2,(H2,11,15). The molecule has 2 heterocycles. The molecule has 2 rings (SSSR count). The quantitative estimate of drug-likeness (QED) is 0.690. The van der Waals surface area contributed by atoms with Crippen molar-refractivity contribution in [2.45, 2.75) is 0 Å². The van der Waals surface area contributed by atoms with Crippen molar-refractivity contribution in [3.8, 4) is 0 Å². The van der Waals surface area contributed by atoms with E-state index in [-0.39, 0.29) is 0 Å². The Morgan fingerprint density at radius 1 is 1.47 bits per heavy atom. The van der Waals surface area contributed by atoms with Crippen molar-refractivity contribution in [2.24, 2.45) is 5.73 Å². The first-order valence-corrected chi connectivity index (χ1v) is 4.99. The third-order valence-corrected chi connectivity index (χ3v) is 2.48. The van der Waals surface area contributed by atoms with E-state index in [1.807, 2.05) is 12.1 Å². The Labute approximate surface area is 88.3 Å². The molecule has 5 nitrogen and oxygen atoms in total. The third-order valence-electron chi connectivity index (χ3n) is 2.48. The molecule has 3 N–H and O–H groups in total. The molecule has 0 atom stereocenters. The Hall–Kier alpha value is -1.62. The zero-order valence-corrected chi connectivity index (χ0v) is 8.44. The van der Waals surface area contributed by atoms with Crippen LogP contribution in [0.2, 0.25) is 0 Å². The number of nitrogens with zero attached hydrogens (tertiary/aromatic N) is 2. The number of rotatable bonds is 2. The molecule has 1 saturated heterocycles. The Bertz CT molecular complexity index is 360. The molecule has 0 radical (unpaired) electrons. The summed E-state index contributed by atoms with van der Waals surface area (Å²) in [6, 6.07) is 3.71. The molecule has 0 aliphatic carbocycles. The average molecular weight is 206 g/mol. The molecule has 1 amide bonds. The van der Waals surface area contributed by atoms with Crippen LogP contribution in [0.15, 0.2) is 18.3 Å². The number of hydrogen-bond acceptors (Lipinski definition) is 4. The lowest BCUT2D eigenvalue weighted by atomic mass is 10.2. The van der Waals surface area contributed by atoms with Crippen molar-refractivity contribution >= 4 is 11.6 Å². The predicted octanol–water partition coefficient (Wildman–Crippen LogP) is -0.410. The lowest BCUT2D eigenvalue weighted by Gasteiger charge is -2.30. The highest BCUT2D eigenvalue weighted by Crippen LogP contribution is 2.17. The summed E-state index contributed by atoms with van der Waals surface area (Å²) in [7, 11) is 0. The van der Waals surface area contributed by atoms with Gasteiger partial charge in [0.1, 0.15) is 0 Å². The largest absolute Gasteiger partial charge is 0.367 e. The van der Waals surface area contributed by atoms with Crippen molar-refractivity contribution in [1.82, 2.24) is 10.3 Å². The fourth-order valence-corrected chi connectivity index (χ4v) is 1.75. The Morgan fingerprint density at radius 3 is 2.87 bits per heavy atom. The van der Waals surface area contributed by atoms with Crippen LogP contribution >= 0.6 is 0 Å². The SMILES string of the molecule is NC(=O)c1ncccc1N1CCNCC1. The minimum absolute atomic E-state index is 0.361. The molecule has 1 fully saturated rings. The zero-order chi connectivity index (χ0) is 10.7. The maximum absolute atomic E-state index is 11.2. The normalized spacial score (nSPS) is 16.4. The minimum atomic E-state index is -0.468. The summed E-state index contributed by atoms with van der Waals surface area (Å²) in [5.74, 6) is -0.468. The smallest absolute Gasteiger partial charge is 0.269 e. The summed E-state index contributed by atoms with van der Waals surface area (Å²) in [5.41, 5.74) is 6.48. The van der Waals surface area contributed by atoms with Gasteiger partial charge in [-0.2, -0.15) is 0 Å². The molecule has 1 aliphatic rings. The van der Waals surface area contributed by atoms with E-state index in [1.54, 1.807) is 6.20 Å². The Balaban J connectivity index is 2.29. The van der Waals surface area contributed by atoms with E-state index >= 15 is 0 Å². The van der Waals surface area contributed by atoms with Crippen LogP contribution in [0.1, 0.15) is 10.5 Å². The van der Waals surface area contributed by atoms with Crippen LogP contribution in [0.5, 0.6) is 0 Å². The van der Waals surface area contributed by atoms with E-state index in [0.717, 1.165) is 31.9 Å². The van der Waals surface area contributed by atoms with Crippen LogP contribution in [0.25, 0.3) is 0 Å². The molecule has 1 aromatic heterocycles. The molecule has 80 valence electrons. The Kier molecular flexibility index (Phi) is 2.82. The molecule has 1 aromatic rings. The van der Waals surface area contributed by atoms with Gasteiger partial charge in [0.15, 0.2) is 5.69 Å². The molecule has 0 bridgehead atoms.